The van der Waals surface area contributed by atoms with Crippen molar-refractivity contribution in [2.45, 2.75) is 64.0 Å². The summed E-state index contributed by atoms with van der Waals surface area (Å²) in [4.78, 5) is 16.0. The monoisotopic (exact) mass is 295 g/mol. The van der Waals surface area contributed by atoms with Crippen LogP contribution in [-0.2, 0) is 0 Å². The molecule has 1 heterocycles. The van der Waals surface area contributed by atoms with Crippen molar-refractivity contribution >= 4 is 12.0 Å². The van der Waals surface area contributed by atoms with E-state index in [2.05, 4.69) is 20.7 Å². The van der Waals surface area contributed by atoms with Crippen LogP contribution in [0.1, 0.15) is 58.4 Å². The Morgan fingerprint density at radius 2 is 2.19 bits per heavy atom. The van der Waals surface area contributed by atoms with Gasteiger partial charge in [0.1, 0.15) is 6.33 Å². The number of anilines is 1. The Hall–Kier alpha value is -1.63. The number of nitrogens with zero attached hydrogens (tertiary/aromatic N) is 3. The van der Waals surface area contributed by atoms with Crippen molar-refractivity contribution in [3.05, 3.63) is 6.33 Å². The van der Waals surface area contributed by atoms with E-state index in [1.54, 1.807) is 13.3 Å². The van der Waals surface area contributed by atoms with Crippen LogP contribution in [0.4, 0.5) is 10.7 Å². The fourth-order valence-electron chi connectivity index (χ4n) is 2.50. The third-order valence-corrected chi connectivity index (χ3v) is 4.23. The standard InChI is InChI=1S/C14H25N5O2/c1-3-14(2,9-20)17-13(21)16-12-15-10-19(18-12)11-7-5-4-6-8-11/h10-11,20H,3-9H2,1-2H3,(H2,16,17,18,21). The molecule has 0 aromatic carbocycles. The molecular formula is C14H25N5O2. The molecule has 1 unspecified atom stereocenters. The zero-order valence-corrected chi connectivity index (χ0v) is 12.8. The van der Waals surface area contributed by atoms with Gasteiger partial charge in [0.2, 0.25) is 5.95 Å². The van der Waals surface area contributed by atoms with Crippen molar-refractivity contribution in [2.24, 2.45) is 0 Å². The molecule has 1 aromatic rings. The van der Waals surface area contributed by atoms with Gasteiger partial charge in [-0.2, -0.15) is 0 Å². The van der Waals surface area contributed by atoms with Crippen LogP contribution in [0, 0.1) is 0 Å². The average molecular weight is 295 g/mol. The normalized spacial score (nSPS) is 19.0. The Morgan fingerprint density at radius 1 is 1.48 bits per heavy atom. The Kier molecular flexibility index (Phi) is 5.17. The van der Waals surface area contributed by atoms with Gasteiger partial charge in [-0.3, -0.25) is 5.32 Å². The first-order chi connectivity index (χ1) is 10.1. The van der Waals surface area contributed by atoms with E-state index in [1.165, 1.54) is 19.3 Å². The molecule has 7 nitrogen and oxygen atoms in total. The molecule has 2 rings (SSSR count). The number of carbonyl (C=O) groups excluding carboxylic acids is 1. The van der Waals surface area contributed by atoms with E-state index in [1.807, 2.05) is 11.6 Å². The van der Waals surface area contributed by atoms with Crippen molar-refractivity contribution in [3.8, 4) is 0 Å². The van der Waals surface area contributed by atoms with Crippen LogP contribution >= 0.6 is 0 Å². The molecule has 1 fully saturated rings. The van der Waals surface area contributed by atoms with Crippen molar-refractivity contribution in [3.63, 3.8) is 0 Å². The maximum absolute atomic E-state index is 11.9. The first-order valence-electron chi connectivity index (χ1n) is 7.67. The molecule has 1 atom stereocenters. The third kappa shape index (κ3) is 4.17. The van der Waals surface area contributed by atoms with Crippen LogP contribution in [0.15, 0.2) is 6.33 Å². The SMILES string of the molecule is CCC(C)(CO)NC(=O)Nc1ncn(C2CCCCC2)n1. The van der Waals surface area contributed by atoms with Crippen LogP contribution in [0.2, 0.25) is 0 Å². The van der Waals surface area contributed by atoms with Crippen molar-refractivity contribution < 1.29 is 9.90 Å². The first-order valence-corrected chi connectivity index (χ1v) is 7.67. The maximum atomic E-state index is 11.9. The molecule has 0 saturated heterocycles. The molecule has 21 heavy (non-hydrogen) atoms. The number of hydrogen-bond donors (Lipinski definition) is 3. The fourth-order valence-corrected chi connectivity index (χ4v) is 2.50. The van der Waals surface area contributed by atoms with Gasteiger partial charge in [-0.05, 0) is 26.2 Å². The summed E-state index contributed by atoms with van der Waals surface area (Å²) in [6, 6.07) is -0.00185. The summed E-state index contributed by atoms with van der Waals surface area (Å²) in [7, 11) is 0. The van der Waals surface area contributed by atoms with E-state index in [9.17, 15) is 9.90 Å². The smallest absolute Gasteiger partial charge is 0.322 e. The van der Waals surface area contributed by atoms with Gasteiger partial charge in [-0.1, -0.05) is 26.2 Å². The topological polar surface area (TPSA) is 92.1 Å². The summed E-state index contributed by atoms with van der Waals surface area (Å²) in [6.07, 6.45) is 8.28. The van der Waals surface area contributed by atoms with Crippen molar-refractivity contribution in [1.82, 2.24) is 20.1 Å². The minimum atomic E-state index is -0.629. The first kappa shape index (κ1) is 15.8. The third-order valence-electron chi connectivity index (χ3n) is 4.23. The zero-order chi connectivity index (χ0) is 15.3. The second-order valence-corrected chi connectivity index (χ2v) is 5.99. The van der Waals surface area contributed by atoms with Crippen molar-refractivity contribution in [1.29, 1.82) is 0 Å². The Morgan fingerprint density at radius 3 is 2.81 bits per heavy atom. The number of aromatic nitrogens is 3. The molecule has 2 amide bonds. The maximum Gasteiger partial charge on any atom is 0.322 e. The summed E-state index contributed by atoms with van der Waals surface area (Å²) < 4.78 is 1.85. The lowest BCUT2D eigenvalue weighted by Gasteiger charge is -2.26. The number of aliphatic hydroxyl groups is 1. The van der Waals surface area contributed by atoms with E-state index >= 15 is 0 Å². The van der Waals surface area contributed by atoms with Crippen molar-refractivity contribution in [2.75, 3.05) is 11.9 Å². The molecule has 0 bridgehead atoms. The van der Waals surface area contributed by atoms with Gasteiger partial charge in [0.05, 0.1) is 18.2 Å². The van der Waals surface area contributed by atoms with E-state index in [-0.39, 0.29) is 6.61 Å². The Balaban J connectivity index is 1.91. The number of urea groups is 1. The lowest BCUT2D eigenvalue weighted by molar-refractivity contribution is 0.172. The summed E-state index contributed by atoms with van der Waals surface area (Å²) in [6.45, 7) is 3.59. The summed E-state index contributed by atoms with van der Waals surface area (Å²) in [5.41, 5.74) is -0.629. The largest absolute Gasteiger partial charge is 0.394 e. The molecule has 0 radical (unpaired) electrons. The van der Waals surface area contributed by atoms with Gasteiger partial charge in [0.25, 0.3) is 0 Å². The fraction of sp³-hybridized carbons (Fsp3) is 0.786. The van der Waals surface area contributed by atoms with E-state index in [4.69, 9.17) is 0 Å². The summed E-state index contributed by atoms with van der Waals surface area (Å²) in [5.74, 6) is 0.300. The lowest BCUT2D eigenvalue weighted by atomic mass is 9.96. The second kappa shape index (κ2) is 6.89. The molecule has 7 heteroatoms. The molecular weight excluding hydrogens is 270 g/mol. The Labute approximate surface area is 125 Å². The zero-order valence-electron chi connectivity index (χ0n) is 12.8. The number of aliphatic hydroxyl groups excluding tert-OH is 1. The van der Waals surface area contributed by atoms with Gasteiger partial charge >= 0.3 is 6.03 Å². The van der Waals surface area contributed by atoms with E-state index in [0.29, 0.717) is 18.4 Å². The quantitative estimate of drug-likeness (QED) is 0.775. The second-order valence-electron chi connectivity index (χ2n) is 5.99. The molecule has 1 aliphatic carbocycles. The van der Waals surface area contributed by atoms with Gasteiger partial charge in [-0.15, -0.1) is 5.10 Å². The minimum absolute atomic E-state index is 0.110. The number of amides is 2. The van der Waals surface area contributed by atoms with Crippen LogP contribution in [0.25, 0.3) is 0 Å². The van der Waals surface area contributed by atoms with Crippen LogP contribution in [-0.4, -0.2) is 38.0 Å². The van der Waals surface area contributed by atoms with Gasteiger partial charge < -0.3 is 10.4 Å². The van der Waals surface area contributed by atoms with Gasteiger partial charge in [0.15, 0.2) is 0 Å². The number of carbonyl (C=O) groups is 1. The van der Waals surface area contributed by atoms with Crippen LogP contribution in [0.3, 0.4) is 0 Å². The molecule has 3 N–H and O–H groups in total. The highest BCUT2D eigenvalue weighted by Gasteiger charge is 2.24. The molecule has 1 aliphatic rings. The molecule has 1 saturated carbocycles. The van der Waals surface area contributed by atoms with Crippen LogP contribution in [0.5, 0.6) is 0 Å². The van der Waals surface area contributed by atoms with E-state index in [0.717, 1.165) is 12.8 Å². The van der Waals surface area contributed by atoms with Gasteiger partial charge in [0, 0.05) is 0 Å². The van der Waals surface area contributed by atoms with Crippen LogP contribution < -0.4 is 10.6 Å². The lowest BCUT2D eigenvalue weighted by Crippen LogP contribution is -2.50. The molecule has 0 aliphatic heterocycles. The predicted molar refractivity (Wildman–Crippen MR) is 80.1 cm³/mol. The highest BCUT2D eigenvalue weighted by atomic mass is 16.3. The molecule has 0 spiro atoms. The minimum Gasteiger partial charge on any atom is -0.394 e. The number of rotatable bonds is 5. The average Bonchev–Trinajstić information content (AvgIpc) is 2.96. The number of nitrogens with one attached hydrogen (secondary N) is 2. The van der Waals surface area contributed by atoms with E-state index < -0.39 is 11.6 Å². The summed E-state index contributed by atoms with van der Waals surface area (Å²) in [5, 5.41) is 19.0. The number of hydrogen-bond acceptors (Lipinski definition) is 4. The summed E-state index contributed by atoms with van der Waals surface area (Å²) >= 11 is 0. The molecule has 1 aromatic heterocycles. The highest BCUT2D eigenvalue weighted by molar-refractivity contribution is 5.87. The molecule has 118 valence electrons. The Bertz CT molecular complexity index is 464. The predicted octanol–water partition coefficient (Wildman–Crippen LogP) is 2.07. The highest BCUT2D eigenvalue weighted by Crippen LogP contribution is 2.27. The van der Waals surface area contributed by atoms with Gasteiger partial charge in [-0.25, -0.2) is 14.5 Å².